The second-order valence-electron chi connectivity index (χ2n) is 1.80. The van der Waals surface area contributed by atoms with Crippen molar-refractivity contribution < 1.29 is 94.1 Å². The summed E-state index contributed by atoms with van der Waals surface area (Å²) in [6.45, 7) is 0.934. The van der Waals surface area contributed by atoms with E-state index in [0.29, 0.717) is 0 Å². The zero-order valence-electron chi connectivity index (χ0n) is 7.17. The van der Waals surface area contributed by atoms with Crippen LogP contribution in [0.25, 0.3) is 0 Å². The topological polar surface area (TPSA) is 34.1 Å². The molecule has 0 saturated carbocycles. The SMILES string of the molecule is CC(=O)CC(=O)C(F)(F)F.[Cl-].[Cl-].[Cl-].[Cl-].[Ti+4]. The zero-order chi connectivity index (χ0) is 8.36. The van der Waals surface area contributed by atoms with Crippen LogP contribution < -0.4 is 49.6 Å². The van der Waals surface area contributed by atoms with E-state index in [1.54, 1.807) is 0 Å². The van der Waals surface area contributed by atoms with Gasteiger partial charge in [-0.05, 0) is 6.92 Å². The second-order valence-corrected chi connectivity index (χ2v) is 1.80. The fourth-order valence-electron chi connectivity index (χ4n) is 0.326. The molecule has 0 aliphatic rings. The molecule has 0 bridgehead atoms. The van der Waals surface area contributed by atoms with E-state index in [0.717, 1.165) is 6.92 Å². The third-order valence-corrected chi connectivity index (χ3v) is 0.726. The van der Waals surface area contributed by atoms with Crippen molar-refractivity contribution in [1.29, 1.82) is 0 Å². The molecule has 10 heteroatoms. The maximum absolute atomic E-state index is 11.3. The van der Waals surface area contributed by atoms with Gasteiger partial charge in [0.05, 0.1) is 6.42 Å². The summed E-state index contributed by atoms with van der Waals surface area (Å²) in [4.78, 5) is 19.9. The molecule has 0 aromatic rings. The predicted octanol–water partition coefficient (Wildman–Crippen LogP) is -10.9. The summed E-state index contributed by atoms with van der Waals surface area (Å²) in [5.41, 5.74) is 0. The van der Waals surface area contributed by atoms with Gasteiger partial charge in [0.15, 0.2) is 0 Å². The summed E-state index contributed by atoms with van der Waals surface area (Å²) in [6.07, 6.45) is -5.92. The van der Waals surface area contributed by atoms with Crippen LogP contribution in [-0.2, 0) is 31.3 Å². The maximum atomic E-state index is 11.3. The van der Waals surface area contributed by atoms with Gasteiger partial charge >= 0.3 is 27.9 Å². The number of halogens is 7. The molecule has 0 heterocycles. The summed E-state index contributed by atoms with van der Waals surface area (Å²) in [5.74, 6) is -2.76. The molecule has 0 saturated heterocycles. The third-order valence-electron chi connectivity index (χ3n) is 0.726. The number of ketones is 2. The molecule has 0 radical (unpaired) electrons. The van der Waals surface area contributed by atoms with Gasteiger partial charge in [-0.2, -0.15) is 13.2 Å². The molecule has 0 aliphatic heterocycles. The smallest absolute Gasteiger partial charge is 1.00 e. The Labute approximate surface area is 125 Å². The molecule has 0 aromatic carbocycles. The van der Waals surface area contributed by atoms with Crippen LogP contribution in [-0.4, -0.2) is 17.7 Å². The molecular formula is C5H5Cl4F3O2Ti. The Balaban J connectivity index is -0.0000000405. The van der Waals surface area contributed by atoms with E-state index in [-0.39, 0.29) is 71.3 Å². The molecule has 0 atom stereocenters. The number of carbonyl (C=O) groups is 2. The first-order valence-corrected chi connectivity index (χ1v) is 2.43. The molecule has 0 N–H and O–H groups in total. The third kappa shape index (κ3) is 21.0. The number of alkyl halides is 3. The van der Waals surface area contributed by atoms with E-state index < -0.39 is 24.2 Å². The fourth-order valence-corrected chi connectivity index (χ4v) is 0.326. The average Bonchev–Trinajstić information content (AvgIpc) is 1.60. The van der Waals surface area contributed by atoms with E-state index in [9.17, 15) is 22.8 Å². The van der Waals surface area contributed by atoms with Crippen molar-refractivity contribution in [1.82, 2.24) is 0 Å². The summed E-state index contributed by atoms with van der Waals surface area (Å²) in [6, 6.07) is 0. The van der Waals surface area contributed by atoms with Crippen LogP contribution in [0, 0.1) is 0 Å². The number of Topliss-reactive ketones (excluding diaryl/α,β-unsaturated/α-hetero) is 2. The number of rotatable bonds is 2. The van der Waals surface area contributed by atoms with Gasteiger partial charge in [-0.25, -0.2) is 0 Å². The quantitative estimate of drug-likeness (QED) is 0.369. The van der Waals surface area contributed by atoms with Crippen molar-refractivity contribution in [2.75, 3.05) is 0 Å². The Morgan fingerprint density at radius 3 is 1.33 bits per heavy atom. The van der Waals surface area contributed by atoms with E-state index in [4.69, 9.17) is 0 Å². The van der Waals surface area contributed by atoms with Crippen molar-refractivity contribution in [2.45, 2.75) is 19.5 Å². The van der Waals surface area contributed by atoms with Crippen molar-refractivity contribution in [2.24, 2.45) is 0 Å². The molecule has 0 aromatic heterocycles. The van der Waals surface area contributed by atoms with E-state index in [2.05, 4.69) is 0 Å². The molecule has 0 rings (SSSR count). The molecule has 0 aliphatic carbocycles. The van der Waals surface area contributed by atoms with Crippen molar-refractivity contribution in [3.8, 4) is 0 Å². The van der Waals surface area contributed by atoms with Gasteiger partial charge in [-0.1, -0.05) is 0 Å². The van der Waals surface area contributed by atoms with Gasteiger partial charge in [0, 0.05) is 0 Å². The first-order chi connectivity index (χ1) is 4.34. The summed E-state index contributed by atoms with van der Waals surface area (Å²) in [5, 5.41) is 0. The Hall–Kier alpha value is 1.00. The van der Waals surface area contributed by atoms with E-state index in [1.165, 1.54) is 0 Å². The minimum Gasteiger partial charge on any atom is -1.00 e. The van der Waals surface area contributed by atoms with Crippen molar-refractivity contribution >= 4 is 11.6 Å². The van der Waals surface area contributed by atoms with Crippen LogP contribution in [0.15, 0.2) is 0 Å². The number of carbonyl (C=O) groups excluding carboxylic acids is 2. The van der Waals surface area contributed by atoms with Crippen molar-refractivity contribution in [3.05, 3.63) is 0 Å². The standard InChI is InChI=1S/C5H5F3O2.4ClH.Ti/c1-3(9)2-4(10)5(6,7)8;;;;;/h2H2,1H3;4*1H;/q;;;;;+4/p-4. The minimum atomic E-state index is -4.87. The Morgan fingerprint density at radius 1 is 1.00 bits per heavy atom. The van der Waals surface area contributed by atoms with Gasteiger partial charge < -0.3 is 49.6 Å². The Bertz CT molecular complexity index is 176. The van der Waals surface area contributed by atoms with Gasteiger partial charge in [-0.3, -0.25) is 9.59 Å². The summed E-state index contributed by atoms with van der Waals surface area (Å²) >= 11 is 0. The summed E-state index contributed by atoms with van der Waals surface area (Å²) in [7, 11) is 0. The number of hydrogen-bond donors (Lipinski definition) is 0. The first kappa shape index (κ1) is 36.0. The molecule has 0 spiro atoms. The Morgan fingerprint density at radius 2 is 1.27 bits per heavy atom. The molecular weight excluding hydrogens is 339 g/mol. The number of hydrogen-bond acceptors (Lipinski definition) is 2. The van der Waals surface area contributed by atoms with Crippen LogP contribution in [0.2, 0.25) is 0 Å². The van der Waals surface area contributed by atoms with Crippen LogP contribution in [0.5, 0.6) is 0 Å². The average molecular weight is 344 g/mol. The molecule has 15 heavy (non-hydrogen) atoms. The van der Waals surface area contributed by atoms with Crippen LogP contribution in [0.3, 0.4) is 0 Å². The maximum Gasteiger partial charge on any atom is 4.00 e. The van der Waals surface area contributed by atoms with Gasteiger partial charge in [-0.15, -0.1) is 0 Å². The molecule has 0 amide bonds. The predicted molar refractivity (Wildman–Crippen MR) is 26.4 cm³/mol. The van der Waals surface area contributed by atoms with Gasteiger partial charge in [0.1, 0.15) is 5.78 Å². The molecule has 2 nitrogen and oxygen atoms in total. The minimum absolute atomic E-state index is 0. The fraction of sp³-hybridized carbons (Fsp3) is 0.600. The molecule has 90 valence electrons. The second kappa shape index (κ2) is 15.0. The van der Waals surface area contributed by atoms with E-state index in [1.807, 2.05) is 0 Å². The van der Waals surface area contributed by atoms with Crippen molar-refractivity contribution in [3.63, 3.8) is 0 Å². The summed E-state index contributed by atoms with van der Waals surface area (Å²) < 4.78 is 33.9. The van der Waals surface area contributed by atoms with Gasteiger partial charge in [0.25, 0.3) is 0 Å². The Kier molecular flexibility index (Phi) is 36.0. The zero-order valence-corrected chi connectivity index (χ0v) is 11.8. The molecule has 0 unspecified atom stereocenters. The largest absolute Gasteiger partial charge is 4.00 e. The first-order valence-electron chi connectivity index (χ1n) is 2.43. The monoisotopic (exact) mass is 342 g/mol. The molecule has 0 fully saturated rings. The van der Waals surface area contributed by atoms with E-state index >= 15 is 0 Å². The van der Waals surface area contributed by atoms with Gasteiger partial charge in [0.2, 0.25) is 5.78 Å². The normalized spacial score (nSPS) is 7.47. The van der Waals surface area contributed by atoms with Crippen LogP contribution in [0.4, 0.5) is 13.2 Å². The van der Waals surface area contributed by atoms with Crippen LogP contribution >= 0.6 is 0 Å². The van der Waals surface area contributed by atoms with Crippen LogP contribution in [0.1, 0.15) is 13.3 Å².